The molecule has 0 bridgehead atoms. The number of rotatable bonds is 6. The highest BCUT2D eigenvalue weighted by atomic mass is 15.0. The molecule has 2 aromatic heterocycles. The lowest BCUT2D eigenvalue weighted by atomic mass is 10.1. The van der Waals surface area contributed by atoms with E-state index in [0.717, 1.165) is 30.9 Å². The summed E-state index contributed by atoms with van der Waals surface area (Å²) in [6, 6.07) is 0.236. The number of imidazole rings is 1. The highest BCUT2D eigenvalue weighted by Gasteiger charge is 2.12. The summed E-state index contributed by atoms with van der Waals surface area (Å²) in [4.78, 5) is 12.8. The molecule has 0 saturated heterocycles. The first-order valence-electron chi connectivity index (χ1n) is 6.26. The van der Waals surface area contributed by atoms with Crippen LogP contribution in [-0.2, 0) is 13.5 Å². The van der Waals surface area contributed by atoms with Crippen LogP contribution in [-0.4, -0.2) is 26.1 Å². The molecular weight excluding hydrogens is 226 g/mol. The Morgan fingerprint density at radius 1 is 1.28 bits per heavy atom. The van der Waals surface area contributed by atoms with E-state index in [2.05, 4.69) is 31.8 Å². The summed E-state index contributed by atoms with van der Waals surface area (Å²) in [7, 11) is 2.02. The molecule has 2 aromatic rings. The lowest BCUT2D eigenvalue weighted by molar-refractivity contribution is 0.493. The summed E-state index contributed by atoms with van der Waals surface area (Å²) in [5, 5.41) is 3.44. The number of nitrogens with zero attached hydrogens (tertiary/aromatic N) is 4. The molecule has 0 amide bonds. The largest absolute Gasteiger partial charge is 0.338 e. The van der Waals surface area contributed by atoms with Crippen molar-refractivity contribution in [1.29, 1.82) is 0 Å². The van der Waals surface area contributed by atoms with Gasteiger partial charge in [0, 0.05) is 44.5 Å². The average molecular weight is 245 g/mol. The lowest BCUT2D eigenvalue weighted by Gasteiger charge is -2.16. The van der Waals surface area contributed by atoms with Crippen molar-refractivity contribution in [1.82, 2.24) is 24.8 Å². The molecule has 0 aliphatic rings. The molecule has 5 heteroatoms. The van der Waals surface area contributed by atoms with Crippen molar-refractivity contribution in [2.45, 2.75) is 25.8 Å². The van der Waals surface area contributed by atoms with Gasteiger partial charge in [-0.3, -0.25) is 9.97 Å². The second-order valence-corrected chi connectivity index (χ2v) is 4.23. The minimum Gasteiger partial charge on any atom is -0.338 e. The van der Waals surface area contributed by atoms with E-state index in [1.54, 1.807) is 12.4 Å². The first kappa shape index (κ1) is 12.7. The van der Waals surface area contributed by atoms with E-state index in [-0.39, 0.29) is 6.04 Å². The van der Waals surface area contributed by atoms with Crippen molar-refractivity contribution in [2.24, 2.45) is 7.05 Å². The maximum Gasteiger partial charge on any atom is 0.108 e. The third-order valence-electron chi connectivity index (χ3n) is 2.97. The van der Waals surface area contributed by atoms with Crippen LogP contribution in [0.2, 0.25) is 0 Å². The average Bonchev–Trinajstić information content (AvgIpc) is 2.81. The van der Waals surface area contributed by atoms with Gasteiger partial charge in [0.15, 0.2) is 0 Å². The molecule has 0 radical (unpaired) electrons. The van der Waals surface area contributed by atoms with Crippen LogP contribution in [0.15, 0.2) is 31.0 Å². The molecule has 0 aromatic carbocycles. The summed E-state index contributed by atoms with van der Waals surface area (Å²) in [5.74, 6) is 1.10. The molecule has 0 aliphatic carbocycles. The minimum atomic E-state index is 0.236. The van der Waals surface area contributed by atoms with Crippen molar-refractivity contribution < 1.29 is 0 Å². The summed E-state index contributed by atoms with van der Waals surface area (Å²) < 4.78 is 2.06. The molecule has 1 atom stereocenters. The first-order chi connectivity index (χ1) is 8.81. The number of aromatic nitrogens is 4. The standard InChI is InChI=1S/C13H19N5/c1-3-15-11(12-10-14-6-7-16-12)4-5-13-17-8-9-18(13)2/h6-11,15H,3-5H2,1-2H3. The third kappa shape index (κ3) is 3.13. The van der Waals surface area contributed by atoms with Gasteiger partial charge in [0.1, 0.15) is 5.82 Å². The summed E-state index contributed by atoms with van der Waals surface area (Å²) in [5.41, 5.74) is 0.994. The topological polar surface area (TPSA) is 55.6 Å². The van der Waals surface area contributed by atoms with Gasteiger partial charge in [0.2, 0.25) is 0 Å². The quantitative estimate of drug-likeness (QED) is 0.838. The van der Waals surface area contributed by atoms with Gasteiger partial charge in [-0.05, 0) is 13.0 Å². The predicted octanol–water partition coefficient (Wildman–Crippen LogP) is 1.49. The van der Waals surface area contributed by atoms with Crippen LogP contribution in [0.5, 0.6) is 0 Å². The molecular formula is C13H19N5. The Bertz CT molecular complexity index is 465. The molecule has 18 heavy (non-hydrogen) atoms. The van der Waals surface area contributed by atoms with E-state index in [1.807, 2.05) is 25.6 Å². The third-order valence-corrected chi connectivity index (χ3v) is 2.97. The zero-order valence-electron chi connectivity index (χ0n) is 10.9. The molecule has 1 N–H and O–H groups in total. The molecule has 0 saturated carbocycles. The number of hydrogen-bond acceptors (Lipinski definition) is 4. The molecule has 5 nitrogen and oxygen atoms in total. The van der Waals surface area contributed by atoms with Crippen molar-refractivity contribution >= 4 is 0 Å². The van der Waals surface area contributed by atoms with Gasteiger partial charge in [0.05, 0.1) is 11.7 Å². The highest BCUT2D eigenvalue weighted by molar-refractivity contribution is 5.03. The van der Waals surface area contributed by atoms with Gasteiger partial charge in [-0.25, -0.2) is 4.98 Å². The molecule has 0 fully saturated rings. The van der Waals surface area contributed by atoms with Crippen LogP contribution in [0.3, 0.4) is 0 Å². The number of nitrogens with one attached hydrogen (secondary N) is 1. The van der Waals surface area contributed by atoms with Crippen LogP contribution in [0, 0.1) is 0 Å². The van der Waals surface area contributed by atoms with E-state index >= 15 is 0 Å². The van der Waals surface area contributed by atoms with Crippen molar-refractivity contribution in [3.8, 4) is 0 Å². The second-order valence-electron chi connectivity index (χ2n) is 4.23. The van der Waals surface area contributed by atoms with Crippen molar-refractivity contribution in [3.05, 3.63) is 42.5 Å². The Morgan fingerprint density at radius 3 is 2.78 bits per heavy atom. The maximum absolute atomic E-state index is 4.37. The van der Waals surface area contributed by atoms with Crippen LogP contribution in [0.25, 0.3) is 0 Å². The van der Waals surface area contributed by atoms with Crippen LogP contribution >= 0.6 is 0 Å². The van der Waals surface area contributed by atoms with Crippen molar-refractivity contribution in [2.75, 3.05) is 6.54 Å². The molecule has 96 valence electrons. The lowest BCUT2D eigenvalue weighted by Crippen LogP contribution is -2.23. The van der Waals surface area contributed by atoms with E-state index in [4.69, 9.17) is 0 Å². The van der Waals surface area contributed by atoms with E-state index < -0.39 is 0 Å². The Kier molecular flexibility index (Phi) is 4.41. The van der Waals surface area contributed by atoms with Gasteiger partial charge in [-0.1, -0.05) is 6.92 Å². The smallest absolute Gasteiger partial charge is 0.108 e. The van der Waals surface area contributed by atoms with E-state index in [9.17, 15) is 0 Å². The van der Waals surface area contributed by atoms with Crippen LogP contribution < -0.4 is 5.32 Å². The Balaban J connectivity index is 2.01. The van der Waals surface area contributed by atoms with Gasteiger partial charge >= 0.3 is 0 Å². The Morgan fingerprint density at radius 2 is 2.17 bits per heavy atom. The molecule has 0 aliphatic heterocycles. The van der Waals surface area contributed by atoms with Gasteiger partial charge in [0.25, 0.3) is 0 Å². The SMILES string of the molecule is CCNC(CCc1nccn1C)c1cnccn1. The summed E-state index contributed by atoms with van der Waals surface area (Å²) in [6.45, 7) is 3.02. The minimum absolute atomic E-state index is 0.236. The van der Waals surface area contributed by atoms with Gasteiger partial charge < -0.3 is 9.88 Å². The zero-order valence-corrected chi connectivity index (χ0v) is 10.9. The fourth-order valence-electron chi connectivity index (χ4n) is 2.00. The predicted molar refractivity (Wildman–Crippen MR) is 70.0 cm³/mol. The number of aryl methyl sites for hydroxylation is 2. The fraction of sp³-hybridized carbons (Fsp3) is 0.462. The van der Waals surface area contributed by atoms with Crippen LogP contribution in [0.4, 0.5) is 0 Å². The van der Waals surface area contributed by atoms with Crippen molar-refractivity contribution in [3.63, 3.8) is 0 Å². The monoisotopic (exact) mass is 245 g/mol. The van der Waals surface area contributed by atoms with E-state index in [1.165, 1.54) is 0 Å². The fourth-order valence-corrected chi connectivity index (χ4v) is 2.00. The highest BCUT2D eigenvalue weighted by Crippen LogP contribution is 2.15. The Labute approximate surface area is 107 Å². The molecule has 2 heterocycles. The second kappa shape index (κ2) is 6.26. The molecule has 0 spiro atoms. The van der Waals surface area contributed by atoms with Gasteiger partial charge in [-0.2, -0.15) is 0 Å². The summed E-state index contributed by atoms with van der Waals surface area (Å²) in [6.07, 6.45) is 11.0. The normalized spacial score (nSPS) is 12.6. The Hall–Kier alpha value is -1.75. The van der Waals surface area contributed by atoms with E-state index in [0.29, 0.717) is 0 Å². The summed E-state index contributed by atoms with van der Waals surface area (Å²) >= 11 is 0. The first-order valence-corrected chi connectivity index (χ1v) is 6.26. The maximum atomic E-state index is 4.37. The van der Waals surface area contributed by atoms with Gasteiger partial charge in [-0.15, -0.1) is 0 Å². The molecule has 1 unspecified atom stereocenters. The van der Waals surface area contributed by atoms with Crippen LogP contribution in [0.1, 0.15) is 30.9 Å². The molecule has 2 rings (SSSR count). The zero-order chi connectivity index (χ0) is 12.8. The number of hydrogen-bond donors (Lipinski definition) is 1.